The van der Waals surface area contributed by atoms with E-state index in [4.69, 9.17) is 21.3 Å². The maximum absolute atomic E-state index is 13.5. The highest BCUT2D eigenvalue weighted by Gasteiger charge is 2.40. The number of hydrogen-bond donors (Lipinski definition) is 1. The molecular weight excluding hydrogens is 516 g/mol. The maximum atomic E-state index is 13.5. The van der Waals surface area contributed by atoms with Gasteiger partial charge in [0.1, 0.15) is 5.75 Å². The van der Waals surface area contributed by atoms with E-state index in [0.717, 1.165) is 49.2 Å². The Labute approximate surface area is 233 Å². The van der Waals surface area contributed by atoms with Crippen molar-refractivity contribution in [3.8, 4) is 5.75 Å². The van der Waals surface area contributed by atoms with Crippen LogP contribution in [0.3, 0.4) is 0 Å². The van der Waals surface area contributed by atoms with Crippen LogP contribution in [0.15, 0.2) is 54.7 Å². The number of benzene rings is 2. The number of rotatable bonds is 8. The predicted molar refractivity (Wildman–Crippen MR) is 150 cm³/mol. The number of anilines is 1. The van der Waals surface area contributed by atoms with Crippen LogP contribution in [0.4, 0.5) is 5.95 Å². The number of carbonyl (C=O) groups is 2. The number of aromatic carboxylic acids is 1. The Morgan fingerprint density at radius 1 is 1.05 bits per heavy atom. The van der Waals surface area contributed by atoms with E-state index in [1.807, 2.05) is 53.4 Å². The Morgan fingerprint density at radius 3 is 2.59 bits per heavy atom. The van der Waals surface area contributed by atoms with Crippen LogP contribution in [0.1, 0.15) is 46.4 Å². The van der Waals surface area contributed by atoms with Crippen LogP contribution < -0.4 is 9.64 Å². The average Bonchev–Trinajstić information content (AvgIpc) is 3.26. The van der Waals surface area contributed by atoms with Crippen molar-refractivity contribution in [1.82, 2.24) is 14.9 Å². The number of ether oxygens (including phenoxy) is 1. The number of aryl methyl sites for hydroxylation is 2. The molecule has 0 aliphatic carbocycles. The van der Waals surface area contributed by atoms with E-state index in [0.29, 0.717) is 48.4 Å². The van der Waals surface area contributed by atoms with Gasteiger partial charge < -0.3 is 19.6 Å². The lowest BCUT2D eigenvalue weighted by Crippen LogP contribution is -2.45. The lowest BCUT2D eigenvalue weighted by Gasteiger charge is -2.30. The van der Waals surface area contributed by atoms with Crippen LogP contribution in [-0.4, -0.2) is 64.6 Å². The number of amides is 1. The third-order valence-electron chi connectivity index (χ3n) is 7.84. The van der Waals surface area contributed by atoms with Crippen LogP contribution in [0.2, 0.25) is 5.02 Å². The van der Waals surface area contributed by atoms with E-state index >= 15 is 0 Å². The van der Waals surface area contributed by atoms with E-state index in [1.54, 1.807) is 7.11 Å². The average molecular weight is 549 g/mol. The third kappa shape index (κ3) is 6.01. The minimum atomic E-state index is -1.05. The molecular formula is C30H33ClN4O4. The molecule has 2 aliphatic heterocycles. The summed E-state index contributed by atoms with van der Waals surface area (Å²) in [6.45, 7) is 2.09. The van der Waals surface area contributed by atoms with E-state index in [1.165, 1.54) is 6.20 Å². The first-order valence-electron chi connectivity index (χ1n) is 13.4. The van der Waals surface area contributed by atoms with Crippen LogP contribution in [0, 0.1) is 5.92 Å². The van der Waals surface area contributed by atoms with Gasteiger partial charge in [-0.05, 0) is 49.3 Å². The summed E-state index contributed by atoms with van der Waals surface area (Å²) in [5.74, 6) is 0.598. The summed E-state index contributed by atoms with van der Waals surface area (Å²) in [5.41, 5.74) is 2.43. The third-order valence-corrected chi connectivity index (χ3v) is 8.21. The molecule has 1 amide bonds. The Kier molecular flexibility index (Phi) is 8.31. The fourth-order valence-electron chi connectivity index (χ4n) is 5.81. The highest BCUT2D eigenvalue weighted by molar-refractivity contribution is 6.31. The van der Waals surface area contributed by atoms with Crippen molar-refractivity contribution in [3.63, 3.8) is 0 Å². The van der Waals surface area contributed by atoms with Crippen molar-refractivity contribution in [2.75, 3.05) is 31.6 Å². The van der Waals surface area contributed by atoms with Gasteiger partial charge in [-0.1, -0.05) is 54.4 Å². The second kappa shape index (κ2) is 12.0. The molecule has 2 atom stereocenters. The quantitative estimate of drug-likeness (QED) is 0.436. The molecule has 0 unspecified atom stereocenters. The second-order valence-corrected chi connectivity index (χ2v) is 10.6. The Hall–Kier alpha value is -3.65. The summed E-state index contributed by atoms with van der Waals surface area (Å²) in [6.07, 6.45) is 5.80. The van der Waals surface area contributed by atoms with Gasteiger partial charge in [-0.2, -0.15) is 0 Å². The summed E-state index contributed by atoms with van der Waals surface area (Å²) >= 11 is 6.32. The van der Waals surface area contributed by atoms with Crippen molar-refractivity contribution >= 4 is 29.4 Å². The van der Waals surface area contributed by atoms with Gasteiger partial charge in [0.15, 0.2) is 0 Å². The number of carboxylic acids is 1. The molecule has 2 fully saturated rings. The zero-order valence-electron chi connectivity index (χ0n) is 22.1. The minimum Gasteiger partial charge on any atom is -0.496 e. The molecule has 0 spiro atoms. The molecule has 2 saturated heterocycles. The first kappa shape index (κ1) is 26.9. The van der Waals surface area contributed by atoms with E-state index < -0.39 is 5.97 Å². The number of nitrogens with zero attached hydrogens (tertiary/aromatic N) is 4. The van der Waals surface area contributed by atoms with Crippen molar-refractivity contribution in [3.05, 3.63) is 82.1 Å². The largest absolute Gasteiger partial charge is 0.496 e. The molecule has 0 saturated carbocycles. The SMILES string of the molecule is COc1ccccc1CC(=O)N1CCCC[C@H]2CN(c3ncc(C(=O)O)c(CCc4ccccc4Cl)n3)C[C@@H]21. The number of aromatic nitrogens is 2. The lowest BCUT2D eigenvalue weighted by molar-refractivity contribution is -0.132. The molecule has 0 radical (unpaired) electrons. The number of fused-ring (bicyclic) bond motifs is 1. The van der Waals surface area contributed by atoms with Crippen LogP contribution >= 0.6 is 11.6 Å². The van der Waals surface area contributed by atoms with Gasteiger partial charge in [0.05, 0.1) is 30.8 Å². The molecule has 0 bridgehead atoms. The molecule has 3 aromatic rings. The van der Waals surface area contributed by atoms with Gasteiger partial charge in [-0.3, -0.25) is 4.79 Å². The van der Waals surface area contributed by atoms with E-state index in [2.05, 4.69) is 9.88 Å². The van der Waals surface area contributed by atoms with Gasteiger partial charge in [0.25, 0.3) is 0 Å². The Morgan fingerprint density at radius 2 is 1.82 bits per heavy atom. The van der Waals surface area contributed by atoms with Crippen molar-refractivity contribution in [2.24, 2.45) is 5.92 Å². The molecule has 9 heteroatoms. The van der Waals surface area contributed by atoms with Gasteiger partial charge in [0, 0.05) is 36.4 Å². The van der Waals surface area contributed by atoms with Crippen LogP contribution in [-0.2, 0) is 24.1 Å². The molecule has 1 N–H and O–H groups in total. The molecule has 8 nitrogen and oxygen atoms in total. The van der Waals surface area contributed by atoms with Gasteiger partial charge in [-0.25, -0.2) is 14.8 Å². The molecule has 1 aromatic heterocycles. The van der Waals surface area contributed by atoms with Gasteiger partial charge in [-0.15, -0.1) is 0 Å². The van der Waals surface area contributed by atoms with Gasteiger partial charge in [0.2, 0.25) is 11.9 Å². The summed E-state index contributed by atoms with van der Waals surface area (Å²) in [6, 6.07) is 15.3. The second-order valence-electron chi connectivity index (χ2n) is 10.2. The smallest absolute Gasteiger partial charge is 0.339 e. The number of carboxylic acid groups (broad SMARTS) is 1. The van der Waals surface area contributed by atoms with E-state index in [9.17, 15) is 14.7 Å². The van der Waals surface area contributed by atoms with E-state index in [-0.39, 0.29) is 17.5 Å². The minimum absolute atomic E-state index is 0.0593. The number of halogens is 1. The lowest BCUT2D eigenvalue weighted by atomic mass is 9.98. The summed E-state index contributed by atoms with van der Waals surface area (Å²) in [7, 11) is 1.62. The number of methoxy groups -OCH3 is 1. The Balaban J connectivity index is 1.35. The topological polar surface area (TPSA) is 95.9 Å². The standard InChI is InChI=1S/C30H33ClN4O4/c1-39-27-12-5-3-9-21(27)16-28(36)35-15-7-6-10-22-18-34(19-26(22)35)30-32-17-23(29(37)38)25(33-30)14-13-20-8-2-4-11-24(20)31/h2-5,8-9,11-12,17,22,26H,6-7,10,13-16,18-19H2,1H3,(H,37,38)/t22-,26-/m0/s1. The Bertz CT molecular complexity index is 1350. The number of likely N-dealkylation sites (tertiary alicyclic amines) is 1. The first-order chi connectivity index (χ1) is 18.9. The number of para-hydroxylation sites is 1. The number of hydrogen-bond acceptors (Lipinski definition) is 6. The summed E-state index contributed by atoms with van der Waals surface area (Å²) in [5, 5.41) is 10.4. The normalized spacial score (nSPS) is 18.9. The van der Waals surface area contributed by atoms with Gasteiger partial charge >= 0.3 is 5.97 Å². The first-order valence-corrected chi connectivity index (χ1v) is 13.8. The summed E-state index contributed by atoms with van der Waals surface area (Å²) in [4.78, 5) is 38.8. The van der Waals surface area contributed by atoms with Crippen molar-refractivity contribution < 1.29 is 19.4 Å². The van der Waals surface area contributed by atoms with Crippen molar-refractivity contribution in [2.45, 2.75) is 44.6 Å². The predicted octanol–water partition coefficient (Wildman–Crippen LogP) is 4.68. The zero-order chi connectivity index (χ0) is 27.4. The molecule has 204 valence electrons. The zero-order valence-corrected chi connectivity index (χ0v) is 22.8. The molecule has 2 aromatic carbocycles. The number of carbonyl (C=O) groups excluding carboxylic acids is 1. The molecule has 5 rings (SSSR count). The maximum Gasteiger partial charge on any atom is 0.339 e. The highest BCUT2D eigenvalue weighted by atomic mass is 35.5. The molecule has 3 heterocycles. The molecule has 39 heavy (non-hydrogen) atoms. The molecule has 2 aliphatic rings. The van der Waals surface area contributed by atoms with Crippen molar-refractivity contribution in [1.29, 1.82) is 0 Å². The monoisotopic (exact) mass is 548 g/mol. The summed E-state index contributed by atoms with van der Waals surface area (Å²) < 4.78 is 5.47. The highest BCUT2D eigenvalue weighted by Crippen LogP contribution is 2.33. The fourth-order valence-corrected chi connectivity index (χ4v) is 6.04. The van der Waals surface area contributed by atoms with Crippen LogP contribution in [0.5, 0.6) is 5.75 Å². The fraction of sp³-hybridized carbons (Fsp3) is 0.400. The van der Waals surface area contributed by atoms with Crippen LogP contribution in [0.25, 0.3) is 0 Å².